The molecule has 3 aromatic heterocycles. The summed E-state index contributed by atoms with van der Waals surface area (Å²) in [5, 5.41) is 32.4. The van der Waals surface area contributed by atoms with Gasteiger partial charge in [-0.1, -0.05) is 37.3 Å². The molecule has 14 heteroatoms. The molecule has 0 spiro atoms. The number of aliphatic hydroxyl groups excluding tert-OH is 1. The van der Waals surface area contributed by atoms with E-state index < -0.39 is 5.97 Å². The number of fused-ring (bicyclic) bond motifs is 1. The third-order valence-corrected chi connectivity index (χ3v) is 14.1. The van der Waals surface area contributed by atoms with Gasteiger partial charge in [-0.05, 0) is 124 Å². The van der Waals surface area contributed by atoms with Crippen molar-refractivity contribution < 1.29 is 19.7 Å². The zero-order chi connectivity index (χ0) is 39.6. The van der Waals surface area contributed by atoms with Crippen LogP contribution in [0.4, 0.5) is 10.9 Å². The number of hydrogen-bond donors (Lipinski definition) is 6. The van der Waals surface area contributed by atoms with Crippen LogP contribution in [0.15, 0.2) is 65.4 Å². The standard InChI is InChI=1S/C43H55N9O4S/c1-27-29-9-7-16-51(37(29)50-49-36(27)48-39-46-32-10-5-6-11-33(32)57-39)34-13-12-30(35(47-34)38(54)55)31-19-45-52(28(31)2)26-42-21-40(3)20-41(4,22-42)24-43(23-40,25-42)56-18-15-44-14-8-17-53/h5-6,10-13,19,44,49-50,53H,7-9,14-18,20-26H2,1-4H3,(H,46,48)(H,54,55). The number of pyridine rings is 1. The Morgan fingerprint density at radius 1 is 0.982 bits per heavy atom. The molecule has 4 aliphatic carbocycles. The van der Waals surface area contributed by atoms with Crippen LogP contribution in [0.3, 0.4) is 0 Å². The Bertz CT molecular complexity index is 2230. The molecule has 4 saturated carbocycles. The summed E-state index contributed by atoms with van der Waals surface area (Å²) in [6, 6.07) is 11.9. The monoisotopic (exact) mass is 793 g/mol. The first-order valence-electron chi connectivity index (χ1n) is 20.5. The van der Waals surface area contributed by atoms with Gasteiger partial charge < -0.3 is 30.5 Å². The number of carboxylic acid groups (broad SMARTS) is 1. The van der Waals surface area contributed by atoms with Crippen LogP contribution in [-0.4, -0.2) is 74.4 Å². The number of nitrogens with zero attached hydrogens (tertiary/aromatic N) is 5. The topological polar surface area (TPSA) is 162 Å². The van der Waals surface area contributed by atoms with Gasteiger partial charge in [-0.3, -0.25) is 15.5 Å². The van der Waals surface area contributed by atoms with Gasteiger partial charge >= 0.3 is 5.97 Å². The molecule has 4 bridgehead atoms. The number of ether oxygens (including phenoxy) is 1. The van der Waals surface area contributed by atoms with Crippen LogP contribution >= 0.6 is 11.3 Å². The average Bonchev–Trinajstić information content (AvgIpc) is 3.74. The Balaban J connectivity index is 0.956. The second kappa shape index (κ2) is 14.4. The molecule has 4 aromatic rings. The van der Waals surface area contributed by atoms with E-state index in [4.69, 9.17) is 24.9 Å². The van der Waals surface area contributed by atoms with Gasteiger partial charge in [-0.2, -0.15) is 5.10 Å². The third kappa shape index (κ3) is 7.08. The summed E-state index contributed by atoms with van der Waals surface area (Å²) in [6.45, 7) is 13.0. The smallest absolute Gasteiger partial charge is 0.355 e. The molecule has 5 heterocycles. The van der Waals surface area contributed by atoms with Crippen molar-refractivity contribution in [3.8, 4) is 11.1 Å². The largest absolute Gasteiger partial charge is 0.476 e. The lowest BCUT2D eigenvalue weighted by atomic mass is 9.39. The van der Waals surface area contributed by atoms with Gasteiger partial charge in [-0.25, -0.2) is 14.8 Å². The highest BCUT2D eigenvalue weighted by atomic mass is 32.1. The van der Waals surface area contributed by atoms with Crippen molar-refractivity contribution in [2.75, 3.05) is 43.1 Å². The van der Waals surface area contributed by atoms with E-state index in [0.29, 0.717) is 24.5 Å². The van der Waals surface area contributed by atoms with Gasteiger partial charge in [0, 0.05) is 48.6 Å². The summed E-state index contributed by atoms with van der Waals surface area (Å²) in [6.07, 6.45) is 11.1. The number of aromatic nitrogens is 4. The van der Waals surface area contributed by atoms with Crippen LogP contribution in [0.5, 0.6) is 0 Å². The van der Waals surface area contributed by atoms with Crippen LogP contribution in [-0.2, 0) is 11.3 Å². The van der Waals surface area contributed by atoms with E-state index in [2.05, 4.69) is 64.8 Å². The quantitative estimate of drug-likeness (QED) is 0.0732. The molecule has 302 valence electrons. The lowest BCUT2D eigenvalue weighted by molar-refractivity contribution is -0.247. The molecule has 2 unspecified atom stereocenters. The van der Waals surface area contributed by atoms with Crippen LogP contribution in [0.2, 0.25) is 0 Å². The van der Waals surface area contributed by atoms with Crippen molar-refractivity contribution >= 4 is 38.5 Å². The number of para-hydroxylation sites is 1. The number of anilines is 2. The van der Waals surface area contributed by atoms with Crippen LogP contribution in [0, 0.1) is 23.2 Å². The summed E-state index contributed by atoms with van der Waals surface area (Å²) in [5.74, 6) is 1.25. The number of aliphatic hydroxyl groups is 1. The van der Waals surface area contributed by atoms with Crippen molar-refractivity contribution in [2.45, 2.75) is 97.6 Å². The molecule has 0 saturated heterocycles. The molecule has 6 aliphatic rings. The van der Waals surface area contributed by atoms with Crippen molar-refractivity contribution in [1.82, 2.24) is 35.9 Å². The minimum Gasteiger partial charge on any atom is -0.476 e. The van der Waals surface area contributed by atoms with Crippen molar-refractivity contribution in [3.63, 3.8) is 0 Å². The Labute approximate surface area is 338 Å². The molecular weight excluding hydrogens is 739 g/mol. The minimum atomic E-state index is -1.06. The Morgan fingerprint density at radius 3 is 2.56 bits per heavy atom. The normalized spacial score (nSPS) is 27.8. The fourth-order valence-corrected chi connectivity index (χ4v) is 12.9. The molecule has 10 rings (SSSR count). The number of hydrazine groups is 1. The van der Waals surface area contributed by atoms with Gasteiger partial charge in [0.25, 0.3) is 0 Å². The van der Waals surface area contributed by atoms with Gasteiger partial charge in [0.05, 0.1) is 28.6 Å². The van der Waals surface area contributed by atoms with E-state index in [0.717, 1.165) is 120 Å². The van der Waals surface area contributed by atoms with Crippen LogP contribution in [0.25, 0.3) is 21.3 Å². The molecule has 1 aromatic carbocycles. The molecule has 4 fully saturated rings. The Hall–Kier alpha value is -4.50. The molecular formula is C43H55N9O4S. The lowest BCUT2D eigenvalue weighted by Crippen LogP contribution is -2.64. The number of thiazole rings is 1. The molecule has 13 nitrogen and oxygen atoms in total. The van der Waals surface area contributed by atoms with Gasteiger partial charge in [0.15, 0.2) is 10.8 Å². The average molecular weight is 794 g/mol. The molecule has 57 heavy (non-hydrogen) atoms. The van der Waals surface area contributed by atoms with Crippen molar-refractivity contribution in [1.29, 1.82) is 0 Å². The number of allylic oxidation sites excluding steroid dienone is 2. The van der Waals surface area contributed by atoms with E-state index >= 15 is 0 Å². The zero-order valence-corrected chi connectivity index (χ0v) is 34.3. The predicted molar refractivity (Wildman–Crippen MR) is 223 cm³/mol. The number of rotatable bonds is 14. The predicted octanol–water partition coefficient (Wildman–Crippen LogP) is 6.93. The Kier molecular flexibility index (Phi) is 9.61. The number of hydrogen-bond acceptors (Lipinski definition) is 12. The fourth-order valence-electron chi connectivity index (χ4n) is 12.1. The SMILES string of the molecule is CC1=C(Nc2nc3ccccc3s2)NNC2=C1CCCN2c1ccc(-c2cnn(CC34CC5(C)CC(C)(C3)CC(OCCNCCCO)(C5)C4)c2C)c(C(=O)O)n1. The maximum atomic E-state index is 12.9. The maximum absolute atomic E-state index is 12.9. The first kappa shape index (κ1) is 38.0. The molecule has 2 aliphatic heterocycles. The first-order chi connectivity index (χ1) is 27.4. The molecule has 6 N–H and O–H groups in total. The highest BCUT2D eigenvalue weighted by Crippen LogP contribution is 2.72. The van der Waals surface area contributed by atoms with E-state index in [1.807, 2.05) is 36.5 Å². The summed E-state index contributed by atoms with van der Waals surface area (Å²) >= 11 is 1.61. The highest BCUT2D eigenvalue weighted by Gasteiger charge is 2.66. The van der Waals surface area contributed by atoms with Crippen LogP contribution in [0.1, 0.15) is 94.7 Å². The first-order valence-corrected chi connectivity index (χ1v) is 21.3. The number of aromatic carboxylic acids is 1. The number of nitrogens with one attached hydrogen (secondary N) is 4. The van der Waals surface area contributed by atoms with Gasteiger partial charge in [-0.15, -0.1) is 0 Å². The molecule has 0 amide bonds. The van der Waals surface area contributed by atoms with Gasteiger partial charge in [0.2, 0.25) is 0 Å². The van der Waals surface area contributed by atoms with Crippen molar-refractivity contribution in [2.24, 2.45) is 16.2 Å². The summed E-state index contributed by atoms with van der Waals surface area (Å²) < 4.78 is 10.1. The summed E-state index contributed by atoms with van der Waals surface area (Å²) in [5.41, 5.74) is 12.6. The summed E-state index contributed by atoms with van der Waals surface area (Å²) in [4.78, 5) is 24.6. The van der Waals surface area contributed by atoms with E-state index in [1.165, 1.54) is 6.42 Å². The molecule has 0 radical (unpaired) electrons. The third-order valence-electron chi connectivity index (χ3n) is 13.1. The highest BCUT2D eigenvalue weighted by molar-refractivity contribution is 7.22. The zero-order valence-electron chi connectivity index (χ0n) is 33.5. The van der Waals surface area contributed by atoms with Crippen molar-refractivity contribution in [3.05, 3.63) is 76.8 Å². The second-order valence-electron chi connectivity index (χ2n) is 18.2. The van der Waals surface area contributed by atoms with E-state index in [-0.39, 0.29) is 34.1 Å². The number of carbonyl (C=O) groups is 1. The minimum absolute atomic E-state index is 0.0203. The fraction of sp³-hybridized carbons (Fsp3) is 0.535. The van der Waals surface area contributed by atoms with Gasteiger partial charge in [0.1, 0.15) is 17.5 Å². The maximum Gasteiger partial charge on any atom is 0.355 e. The number of carboxylic acids is 1. The number of benzene rings is 1. The Morgan fingerprint density at radius 2 is 1.79 bits per heavy atom. The van der Waals surface area contributed by atoms with E-state index in [9.17, 15) is 9.90 Å². The lowest BCUT2D eigenvalue weighted by Gasteiger charge is -2.69. The summed E-state index contributed by atoms with van der Waals surface area (Å²) in [7, 11) is 0. The second-order valence-corrected chi connectivity index (χ2v) is 19.2. The van der Waals surface area contributed by atoms with E-state index in [1.54, 1.807) is 11.3 Å². The van der Waals surface area contributed by atoms with Crippen LogP contribution < -0.4 is 26.4 Å². The molecule has 2 atom stereocenters.